The number of aromatic nitrogens is 1. The molecule has 0 radical (unpaired) electrons. The van der Waals surface area contributed by atoms with Crippen molar-refractivity contribution in [2.75, 3.05) is 57.9 Å². The third-order valence-corrected chi connectivity index (χ3v) is 6.41. The van der Waals surface area contributed by atoms with Gasteiger partial charge in [-0.25, -0.2) is 0 Å². The lowest BCUT2D eigenvalue weighted by atomic mass is 10.1. The van der Waals surface area contributed by atoms with Gasteiger partial charge in [-0.2, -0.15) is 0 Å². The Hall–Kier alpha value is -2.31. The van der Waals surface area contributed by atoms with Gasteiger partial charge >= 0.3 is 0 Å². The predicted molar refractivity (Wildman–Crippen MR) is 122 cm³/mol. The van der Waals surface area contributed by atoms with Gasteiger partial charge in [0.1, 0.15) is 5.69 Å². The lowest BCUT2D eigenvalue weighted by Crippen LogP contribution is -3.14. The van der Waals surface area contributed by atoms with Crippen molar-refractivity contribution in [3.8, 4) is 0 Å². The Bertz CT molecular complexity index is 866. The summed E-state index contributed by atoms with van der Waals surface area (Å²) >= 11 is 0. The van der Waals surface area contributed by atoms with Gasteiger partial charge in [0.25, 0.3) is 5.91 Å². The Labute approximate surface area is 180 Å². The molecule has 0 spiro atoms. The first kappa shape index (κ1) is 22.4. The molecule has 6 heteroatoms. The van der Waals surface area contributed by atoms with E-state index in [4.69, 9.17) is 4.74 Å². The molecule has 2 aromatic rings. The molecular formula is C24H37N4O2+. The van der Waals surface area contributed by atoms with E-state index < -0.39 is 0 Å². The van der Waals surface area contributed by atoms with Gasteiger partial charge < -0.3 is 24.4 Å². The fourth-order valence-electron chi connectivity index (χ4n) is 4.55. The van der Waals surface area contributed by atoms with Gasteiger partial charge in [0.15, 0.2) is 0 Å². The van der Waals surface area contributed by atoms with Gasteiger partial charge in [0.2, 0.25) is 0 Å². The third kappa shape index (κ3) is 4.71. The lowest BCUT2D eigenvalue weighted by Gasteiger charge is -2.33. The number of carbonyl (C=O) groups excluding carboxylic acids is 1. The Kier molecular flexibility index (Phi) is 7.56. The van der Waals surface area contributed by atoms with Crippen LogP contribution in [0.2, 0.25) is 0 Å². The van der Waals surface area contributed by atoms with E-state index in [0.29, 0.717) is 19.7 Å². The molecule has 1 fully saturated rings. The van der Waals surface area contributed by atoms with Crippen LogP contribution in [0.3, 0.4) is 0 Å². The number of quaternary nitrogens is 1. The summed E-state index contributed by atoms with van der Waals surface area (Å²) in [5, 5.41) is 3.03. The van der Waals surface area contributed by atoms with Crippen molar-refractivity contribution in [2.24, 2.45) is 0 Å². The van der Waals surface area contributed by atoms with E-state index in [-0.39, 0.29) is 5.91 Å². The number of piperazine rings is 1. The molecule has 164 valence electrons. The highest BCUT2D eigenvalue weighted by atomic mass is 16.5. The molecule has 30 heavy (non-hydrogen) atoms. The van der Waals surface area contributed by atoms with Crippen molar-refractivity contribution in [1.29, 1.82) is 0 Å². The molecule has 1 aliphatic heterocycles. The number of nitrogens with one attached hydrogen (secondary N) is 2. The molecule has 1 saturated heterocycles. The molecule has 1 aromatic heterocycles. The van der Waals surface area contributed by atoms with Crippen molar-refractivity contribution in [1.82, 2.24) is 9.88 Å². The maximum Gasteiger partial charge on any atom is 0.268 e. The number of ether oxygens (including phenoxy) is 1. The number of benzene rings is 1. The predicted octanol–water partition coefficient (Wildman–Crippen LogP) is 1.56. The second kappa shape index (κ2) is 10.1. The summed E-state index contributed by atoms with van der Waals surface area (Å²) < 4.78 is 7.32. The summed E-state index contributed by atoms with van der Waals surface area (Å²) in [6.45, 7) is 15.9. The van der Waals surface area contributed by atoms with Gasteiger partial charge in [-0.15, -0.1) is 0 Å². The molecule has 0 bridgehead atoms. The average Bonchev–Trinajstić information content (AvgIpc) is 2.99. The molecule has 0 unspecified atom stereocenters. The molecule has 1 amide bonds. The van der Waals surface area contributed by atoms with E-state index in [1.807, 2.05) is 0 Å². The highest BCUT2D eigenvalue weighted by molar-refractivity contribution is 5.96. The minimum Gasteiger partial charge on any atom is -0.383 e. The highest BCUT2D eigenvalue weighted by Crippen LogP contribution is 2.32. The first-order chi connectivity index (χ1) is 14.5. The molecule has 3 rings (SSSR count). The van der Waals surface area contributed by atoms with Crippen molar-refractivity contribution >= 4 is 11.6 Å². The molecular weight excluding hydrogens is 376 g/mol. The van der Waals surface area contributed by atoms with Gasteiger partial charge in [0, 0.05) is 31.5 Å². The average molecular weight is 414 g/mol. The van der Waals surface area contributed by atoms with E-state index in [0.717, 1.165) is 37.4 Å². The van der Waals surface area contributed by atoms with Crippen LogP contribution in [-0.4, -0.2) is 63.5 Å². The number of amides is 1. The molecule has 1 aromatic carbocycles. The Balaban J connectivity index is 1.98. The lowest BCUT2D eigenvalue weighted by molar-refractivity contribution is -0.898. The summed E-state index contributed by atoms with van der Waals surface area (Å²) in [6, 6.07) is 8.42. The number of rotatable bonds is 8. The van der Waals surface area contributed by atoms with E-state index in [2.05, 4.69) is 66.7 Å². The molecule has 0 aliphatic carbocycles. The van der Waals surface area contributed by atoms with Crippen LogP contribution in [-0.2, 0) is 11.3 Å². The summed E-state index contributed by atoms with van der Waals surface area (Å²) in [7, 11) is 1.65. The zero-order valence-electron chi connectivity index (χ0n) is 19.2. The summed E-state index contributed by atoms with van der Waals surface area (Å²) in [5.41, 5.74) is 6.75. The van der Waals surface area contributed by atoms with Gasteiger partial charge in [-0.05, 0) is 38.8 Å². The van der Waals surface area contributed by atoms with Gasteiger partial charge in [-0.3, -0.25) is 4.79 Å². The van der Waals surface area contributed by atoms with Crippen LogP contribution in [0.25, 0.3) is 0 Å². The van der Waals surface area contributed by atoms with Crippen LogP contribution >= 0.6 is 0 Å². The van der Waals surface area contributed by atoms with E-state index in [1.54, 1.807) is 12.0 Å². The zero-order valence-corrected chi connectivity index (χ0v) is 19.2. The van der Waals surface area contributed by atoms with Crippen molar-refractivity contribution in [2.45, 2.75) is 34.2 Å². The third-order valence-electron chi connectivity index (χ3n) is 6.41. The van der Waals surface area contributed by atoms with Crippen molar-refractivity contribution in [3.05, 3.63) is 52.3 Å². The van der Waals surface area contributed by atoms with Crippen molar-refractivity contribution < 1.29 is 14.4 Å². The number of hydrogen-bond donors (Lipinski definition) is 2. The van der Waals surface area contributed by atoms with Crippen LogP contribution in [0, 0.1) is 20.8 Å². The SMILES string of the molecule is CC[NH+]1CCN(c2c(C)c(C(=O)NCCOC)n(Cc3ccccc3C)c2C)CC1. The molecule has 1 aliphatic rings. The maximum atomic E-state index is 13.2. The summed E-state index contributed by atoms with van der Waals surface area (Å²) in [5.74, 6) is -0.0229. The molecule has 2 heterocycles. The second-order valence-corrected chi connectivity index (χ2v) is 8.26. The Morgan fingerprint density at radius 1 is 1.17 bits per heavy atom. The van der Waals surface area contributed by atoms with Crippen LogP contribution in [0.4, 0.5) is 5.69 Å². The van der Waals surface area contributed by atoms with E-state index in [9.17, 15) is 4.79 Å². The molecule has 0 atom stereocenters. The normalized spacial score (nSPS) is 14.9. The molecule has 0 saturated carbocycles. The van der Waals surface area contributed by atoms with Crippen LogP contribution < -0.4 is 15.1 Å². The molecule has 2 N–H and O–H groups in total. The minimum absolute atomic E-state index is 0.0229. The fourth-order valence-corrected chi connectivity index (χ4v) is 4.55. The minimum atomic E-state index is -0.0229. The van der Waals surface area contributed by atoms with E-state index in [1.165, 1.54) is 29.1 Å². The molecule has 6 nitrogen and oxygen atoms in total. The van der Waals surface area contributed by atoms with Gasteiger partial charge in [0.05, 0.1) is 45.0 Å². The number of methoxy groups -OCH3 is 1. The monoisotopic (exact) mass is 413 g/mol. The number of hydrogen-bond acceptors (Lipinski definition) is 3. The maximum absolute atomic E-state index is 13.2. The Morgan fingerprint density at radius 2 is 1.87 bits per heavy atom. The quantitative estimate of drug-likeness (QED) is 0.646. The topological polar surface area (TPSA) is 50.9 Å². The van der Waals surface area contributed by atoms with Gasteiger partial charge in [-0.1, -0.05) is 24.3 Å². The fraction of sp³-hybridized carbons (Fsp3) is 0.542. The summed E-state index contributed by atoms with van der Waals surface area (Å²) in [4.78, 5) is 17.3. The zero-order chi connectivity index (χ0) is 21.7. The number of anilines is 1. The largest absolute Gasteiger partial charge is 0.383 e. The first-order valence-corrected chi connectivity index (χ1v) is 11.1. The summed E-state index contributed by atoms with van der Waals surface area (Å²) in [6.07, 6.45) is 0. The van der Waals surface area contributed by atoms with Crippen LogP contribution in [0.5, 0.6) is 0 Å². The van der Waals surface area contributed by atoms with Crippen LogP contribution in [0.1, 0.15) is 39.8 Å². The highest BCUT2D eigenvalue weighted by Gasteiger charge is 2.28. The second-order valence-electron chi connectivity index (χ2n) is 8.26. The smallest absolute Gasteiger partial charge is 0.268 e. The first-order valence-electron chi connectivity index (χ1n) is 11.1. The Morgan fingerprint density at radius 3 is 2.50 bits per heavy atom. The number of likely N-dealkylation sites (N-methyl/N-ethyl adjacent to an activating group) is 1. The van der Waals surface area contributed by atoms with Crippen molar-refractivity contribution in [3.63, 3.8) is 0 Å². The number of nitrogens with zero attached hydrogens (tertiary/aromatic N) is 2. The number of aryl methyl sites for hydroxylation is 1. The standard InChI is InChI=1S/C24H36N4O2/c1-6-26-12-14-27(15-13-26)22-19(3)23(24(29)25-11-16-30-5)28(20(22)4)17-21-10-8-7-9-18(21)2/h7-10H,6,11-17H2,1-5H3,(H,25,29)/p+1. The van der Waals surface area contributed by atoms with Crippen LogP contribution in [0.15, 0.2) is 24.3 Å². The number of carbonyl (C=O) groups is 1. The van der Waals surface area contributed by atoms with E-state index >= 15 is 0 Å².